The van der Waals surface area contributed by atoms with E-state index in [1.54, 1.807) is 29.5 Å². The summed E-state index contributed by atoms with van der Waals surface area (Å²) in [4.78, 5) is 1.18. The lowest BCUT2D eigenvalue weighted by Crippen LogP contribution is -2.15. The highest BCUT2D eigenvalue weighted by atomic mass is 32.1. The average molecular weight is 377 g/mol. The zero-order valence-corrected chi connectivity index (χ0v) is 15.8. The van der Waals surface area contributed by atoms with E-state index in [1.807, 2.05) is 26.0 Å². The van der Waals surface area contributed by atoms with Gasteiger partial charge in [-0.25, -0.2) is 8.78 Å². The summed E-state index contributed by atoms with van der Waals surface area (Å²) >= 11 is 1.59. The third-order valence-electron chi connectivity index (χ3n) is 3.64. The van der Waals surface area contributed by atoms with Crippen LogP contribution < -0.4 is 21.5 Å². The molecular formula is C18H18F2N3PS. The van der Waals surface area contributed by atoms with Gasteiger partial charge in [-0.1, -0.05) is 6.07 Å². The lowest BCUT2D eigenvalue weighted by Gasteiger charge is -2.18. The number of anilines is 4. The Balaban J connectivity index is 1.89. The first-order chi connectivity index (χ1) is 11.9. The summed E-state index contributed by atoms with van der Waals surface area (Å²) in [7, 11) is 2.36. The van der Waals surface area contributed by atoms with Gasteiger partial charge in [-0.2, -0.15) is 0 Å². The quantitative estimate of drug-likeness (QED) is 0.416. The Hall–Kier alpha value is -2.17. The number of hydrogen-bond donors (Lipinski definition) is 3. The van der Waals surface area contributed by atoms with E-state index < -0.39 is 5.82 Å². The minimum atomic E-state index is -0.391. The largest absolute Gasteiger partial charge is 0.351 e. The minimum Gasteiger partial charge on any atom is -0.351 e. The third-order valence-corrected chi connectivity index (χ3v) is 5.12. The van der Waals surface area contributed by atoms with Crippen LogP contribution in [0.4, 0.5) is 30.8 Å². The average Bonchev–Trinajstić information content (AvgIpc) is 2.98. The molecule has 3 nitrogen and oxygen atoms in total. The molecule has 25 heavy (non-hydrogen) atoms. The summed E-state index contributed by atoms with van der Waals surface area (Å²) in [5, 5.41) is 4.24. The van der Waals surface area contributed by atoms with E-state index in [4.69, 9.17) is 0 Å². The molecule has 0 bridgehead atoms. The van der Waals surface area contributed by atoms with E-state index in [-0.39, 0.29) is 11.5 Å². The Morgan fingerprint density at radius 2 is 1.64 bits per heavy atom. The number of thiophene rings is 1. The fraction of sp³-hybridized carbons (Fsp3) is 0.111. The van der Waals surface area contributed by atoms with Crippen LogP contribution in [0.25, 0.3) is 0 Å². The van der Waals surface area contributed by atoms with Crippen molar-refractivity contribution in [3.05, 3.63) is 64.5 Å². The molecule has 0 amide bonds. The number of hydrazine groups is 1. The minimum absolute atomic E-state index is 0.287. The summed E-state index contributed by atoms with van der Waals surface area (Å²) in [6, 6.07) is 11.8. The van der Waals surface area contributed by atoms with Gasteiger partial charge in [-0.15, -0.1) is 20.6 Å². The van der Waals surface area contributed by atoms with Gasteiger partial charge in [-0.3, -0.25) is 10.9 Å². The molecule has 0 fully saturated rings. The van der Waals surface area contributed by atoms with Crippen molar-refractivity contribution in [2.45, 2.75) is 13.8 Å². The van der Waals surface area contributed by atoms with Gasteiger partial charge in [0.25, 0.3) is 0 Å². The Morgan fingerprint density at radius 1 is 0.880 bits per heavy atom. The molecule has 0 aliphatic heterocycles. The molecule has 0 aliphatic carbocycles. The SMILES string of the molecule is Cc1ccc(Nc2c(NNc3ccc(C)s3)ccc(F)c2P)c(F)c1. The van der Waals surface area contributed by atoms with Crippen molar-refractivity contribution >= 4 is 47.9 Å². The predicted octanol–water partition coefficient (Wildman–Crippen LogP) is 5.33. The molecule has 3 rings (SSSR count). The monoisotopic (exact) mass is 377 g/mol. The lowest BCUT2D eigenvalue weighted by molar-refractivity contribution is 0.630. The molecule has 130 valence electrons. The van der Waals surface area contributed by atoms with Gasteiger partial charge in [0.15, 0.2) is 0 Å². The second-order valence-corrected chi connectivity index (χ2v) is 7.52. The normalized spacial score (nSPS) is 10.6. The van der Waals surface area contributed by atoms with Crippen LogP contribution in [-0.2, 0) is 0 Å². The van der Waals surface area contributed by atoms with Crippen molar-refractivity contribution in [1.82, 2.24) is 0 Å². The van der Waals surface area contributed by atoms with Crippen LogP contribution in [0.2, 0.25) is 0 Å². The molecule has 3 aromatic rings. The zero-order chi connectivity index (χ0) is 18.0. The van der Waals surface area contributed by atoms with Crippen LogP contribution in [0.5, 0.6) is 0 Å². The Bertz CT molecular complexity index is 911. The van der Waals surface area contributed by atoms with Crippen molar-refractivity contribution in [3.63, 3.8) is 0 Å². The van der Waals surface area contributed by atoms with E-state index >= 15 is 0 Å². The van der Waals surface area contributed by atoms with Crippen molar-refractivity contribution in [2.24, 2.45) is 0 Å². The molecule has 1 heterocycles. The second-order valence-electron chi connectivity index (χ2n) is 5.65. The highest BCUT2D eigenvalue weighted by molar-refractivity contribution is 7.28. The molecule has 0 aliphatic rings. The lowest BCUT2D eigenvalue weighted by atomic mass is 10.2. The highest BCUT2D eigenvalue weighted by Gasteiger charge is 2.13. The first kappa shape index (κ1) is 17.6. The van der Waals surface area contributed by atoms with E-state index in [0.29, 0.717) is 16.7 Å². The maximum Gasteiger partial charge on any atom is 0.146 e. The fourth-order valence-corrected chi connectivity index (χ4v) is 3.36. The molecule has 1 atom stereocenters. The van der Waals surface area contributed by atoms with Crippen LogP contribution in [0.1, 0.15) is 10.4 Å². The van der Waals surface area contributed by atoms with Gasteiger partial charge in [-0.05, 0) is 55.8 Å². The summed E-state index contributed by atoms with van der Waals surface area (Å²) in [6.45, 7) is 3.83. The smallest absolute Gasteiger partial charge is 0.146 e. The van der Waals surface area contributed by atoms with E-state index in [2.05, 4.69) is 25.4 Å². The first-order valence-corrected chi connectivity index (χ1v) is 9.03. The fourth-order valence-electron chi connectivity index (χ4n) is 2.32. The van der Waals surface area contributed by atoms with Crippen molar-refractivity contribution in [3.8, 4) is 0 Å². The molecule has 2 aromatic carbocycles. The number of nitrogens with one attached hydrogen (secondary N) is 3. The van der Waals surface area contributed by atoms with E-state index in [1.165, 1.54) is 17.0 Å². The molecule has 0 saturated heterocycles. The van der Waals surface area contributed by atoms with Gasteiger partial charge in [0.1, 0.15) is 16.6 Å². The van der Waals surface area contributed by atoms with E-state index in [0.717, 1.165) is 10.6 Å². The Labute approximate surface area is 151 Å². The van der Waals surface area contributed by atoms with Crippen LogP contribution >= 0.6 is 20.6 Å². The van der Waals surface area contributed by atoms with Gasteiger partial charge in [0, 0.05) is 10.2 Å². The molecular weight excluding hydrogens is 359 g/mol. The maximum atomic E-state index is 14.2. The molecule has 7 heteroatoms. The number of rotatable bonds is 5. The summed E-state index contributed by atoms with van der Waals surface area (Å²) in [5.74, 6) is -0.779. The molecule has 0 radical (unpaired) electrons. The zero-order valence-electron chi connectivity index (χ0n) is 13.8. The highest BCUT2D eigenvalue weighted by Crippen LogP contribution is 2.29. The Morgan fingerprint density at radius 3 is 2.32 bits per heavy atom. The summed E-state index contributed by atoms with van der Waals surface area (Å²) in [6.07, 6.45) is 0. The third kappa shape index (κ3) is 4.09. The summed E-state index contributed by atoms with van der Waals surface area (Å²) < 4.78 is 28.1. The van der Waals surface area contributed by atoms with Crippen LogP contribution in [-0.4, -0.2) is 0 Å². The van der Waals surface area contributed by atoms with Gasteiger partial charge in [0.05, 0.1) is 17.1 Å². The molecule has 1 aromatic heterocycles. The second kappa shape index (κ2) is 7.38. The van der Waals surface area contributed by atoms with Gasteiger partial charge in [0.2, 0.25) is 0 Å². The molecule has 1 unspecified atom stereocenters. The first-order valence-electron chi connectivity index (χ1n) is 7.63. The summed E-state index contributed by atoms with van der Waals surface area (Å²) in [5.41, 5.74) is 8.31. The van der Waals surface area contributed by atoms with Crippen LogP contribution in [0.3, 0.4) is 0 Å². The Kier molecular flexibility index (Phi) is 5.21. The van der Waals surface area contributed by atoms with Crippen LogP contribution in [0, 0.1) is 25.5 Å². The molecule has 0 spiro atoms. The standard InChI is InChI=1S/C18H18F2N3PS/c1-10-3-6-14(13(20)9-10)21-17-15(7-5-12(19)18(17)24)22-23-16-8-4-11(2)25-16/h3-9,21-23H,24H2,1-2H3. The van der Waals surface area contributed by atoms with Gasteiger partial charge >= 0.3 is 0 Å². The molecule has 3 N–H and O–H groups in total. The van der Waals surface area contributed by atoms with Crippen LogP contribution in [0.15, 0.2) is 42.5 Å². The van der Waals surface area contributed by atoms with E-state index in [9.17, 15) is 8.78 Å². The number of halogens is 2. The maximum absolute atomic E-state index is 14.2. The number of benzene rings is 2. The predicted molar refractivity (Wildman–Crippen MR) is 106 cm³/mol. The number of aryl methyl sites for hydroxylation is 2. The molecule has 0 saturated carbocycles. The van der Waals surface area contributed by atoms with Crippen molar-refractivity contribution < 1.29 is 8.78 Å². The van der Waals surface area contributed by atoms with Gasteiger partial charge < -0.3 is 5.32 Å². The topological polar surface area (TPSA) is 36.1 Å². The number of hydrogen-bond acceptors (Lipinski definition) is 4. The van der Waals surface area contributed by atoms with Crippen molar-refractivity contribution in [1.29, 1.82) is 0 Å². The van der Waals surface area contributed by atoms with Crippen molar-refractivity contribution in [2.75, 3.05) is 16.2 Å².